The van der Waals surface area contributed by atoms with Gasteiger partial charge in [-0.1, -0.05) is 6.07 Å². The Kier molecular flexibility index (Phi) is 7.09. The fourth-order valence-corrected chi connectivity index (χ4v) is 3.90. The molecule has 11 heteroatoms. The van der Waals surface area contributed by atoms with Gasteiger partial charge in [0.05, 0.1) is 13.2 Å². The van der Waals surface area contributed by atoms with Gasteiger partial charge in [-0.25, -0.2) is 9.78 Å². The highest BCUT2D eigenvalue weighted by atomic mass is 16.5. The average molecular weight is 458 g/mol. The van der Waals surface area contributed by atoms with E-state index in [1.54, 1.807) is 13.3 Å². The number of aromatic amines is 1. The van der Waals surface area contributed by atoms with Gasteiger partial charge in [-0.05, 0) is 32.3 Å². The molecule has 1 aliphatic heterocycles. The largest absolute Gasteiger partial charge is 0.474 e. The number of rotatable bonds is 9. The summed E-state index contributed by atoms with van der Waals surface area (Å²) in [5, 5.41) is 0. The number of piperidine rings is 1. The number of pyridine rings is 1. The molecule has 0 unspecified atom stereocenters. The van der Waals surface area contributed by atoms with Crippen LogP contribution in [0, 0.1) is 0 Å². The van der Waals surface area contributed by atoms with Gasteiger partial charge in [0.15, 0.2) is 11.5 Å². The van der Waals surface area contributed by atoms with E-state index in [1.807, 2.05) is 12.1 Å². The van der Waals surface area contributed by atoms with Gasteiger partial charge in [-0.2, -0.15) is 9.97 Å². The fourth-order valence-electron chi connectivity index (χ4n) is 3.90. The number of H-pyrrole nitrogens is 1. The number of nitrogens with two attached hydrogens (primary N) is 1. The Labute approximate surface area is 191 Å². The molecule has 0 bridgehead atoms. The fraction of sp³-hybridized carbons (Fsp3) is 0.545. The lowest BCUT2D eigenvalue weighted by molar-refractivity contribution is 0.0812. The van der Waals surface area contributed by atoms with Crippen molar-refractivity contribution in [3.05, 3.63) is 34.4 Å². The smallest absolute Gasteiger partial charge is 0.328 e. The SMILES string of the molecule is COCCOc1nc(N)c2[nH]c(=O)n(Cc3ccc(OC4CCN(C(C)C)CC4)nc3)c2n1. The lowest BCUT2D eigenvalue weighted by Crippen LogP contribution is -2.41. The van der Waals surface area contributed by atoms with Crippen LogP contribution in [0.25, 0.3) is 11.2 Å². The monoisotopic (exact) mass is 457 g/mol. The zero-order chi connectivity index (χ0) is 23.4. The molecule has 0 aromatic carbocycles. The number of anilines is 1. The maximum absolute atomic E-state index is 12.5. The van der Waals surface area contributed by atoms with Gasteiger partial charge in [0.25, 0.3) is 0 Å². The van der Waals surface area contributed by atoms with Crippen molar-refractivity contribution < 1.29 is 14.2 Å². The molecule has 0 amide bonds. The van der Waals surface area contributed by atoms with E-state index in [4.69, 9.17) is 19.9 Å². The van der Waals surface area contributed by atoms with Gasteiger partial charge >= 0.3 is 11.7 Å². The van der Waals surface area contributed by atoms with Crippen LogP contribution < -0.4 is 20.9 Å². The van der Waals surface area contributed by atoms with Crippen LogP contribution in [0.5, 0.6) is 11.9 Å². The van der Waals surface area contributed by atoms with Gasteiger partial charge < -0.3 is 29.8 Å². The molecule has 4 heterocycles. The van der Waals surface area contributed by atoms with Gasteiger partial charge in [-0.15, -0.1) is 0 Å². The van der Waals surface area contributed by atoms with E-state index >= 15 is 0 Å². The molecule has 1 fully saturated rings. The van der Waals surface area contributed by atoms with Crippen LogP contribution in [0.15, 0.2) is 23.1 Å². The summed E-state index contributed by atoms with van der Waals surface area (Å²) in [7, 11) is 1.57. The van der Waals surface area contributed by atoms with E-state index < -0.39 is 0 Å². The lowest BCUT2D eigenvalue weighted by atomic mass is 10.1. The predicted molar refractivity (Wildman–Crippen MR) is 124 cm³/mol. The van der Waals surface area contributed by atoms with E-state index in [9.17, 15) is 4.79 Å². The molecule has 0 aliphatic carbocycles. The van der Waals surface area contributed by atoms with E-state index in [1.165, 1.54) is 4.57 Å². The molecule has 1 saturated heterocycles. The van der Waals surface area contributed by atoms with E-state index in [0.717, 1.165) is 31.5 Å². The Hall–Kier alpha value is -3.18. The predicted octanol–water partition coefficient (Wildman–Crippen LogP) is 1.42. The number of aromatic nitrogens is 5. The van der Waals surface area contributed by atoms with Crippen LogP contribution in [0.3, 0.4) is 0 Å². The third-order valence-electron chi connectivity index (χ3n) is 5.78. The second kappa shape index (κ2) is 10.2. The highest BCUT2D eigenvalue weighted by Crippen LogP contribution is 2.21. The number of fused-ring (bicyclic) bond motifs is 1. The van der Waals surface area contributed by atoms with E-state index in [0.29, 0.717) is 29.7 Å². The first-order chi connectivity index (χ1) is 15.9. The zero-order valence-corrected chi connectivity index (χ0v) is 19.3. The molecule has 11 nitrogen and oxygen atoms in total. The Bertz CT molecular complexity index is 1120. The lowest BCUT2D eigenvalue weighted by Gasteiger charge is -2.34. The molecule has 178 valence electrons. The highest BCUT2D eigenvalue weighted by Gasteiger charge is 2.22. The first-order valence-electron chi connectivity index (χ1n) is 11.2. The third-order valence-corrected chi connectivity index (χ3v) is 5.78. The maximum Gasteiger partial charge on any atom is 0.328 e. The summed E-state index contributed by atoms with van der Waals surface area (Å²) in [4.78, 5) is 30.6. The maximum atomic E-state index is 12.5. The zero-order valence-electron chi connectivity index (χ0n) is 19.3. The summed E-state index contributed by atoms with van der Waals surface area (Å²) in [6.45, 7) is 7.44. The Morgan fingerprint density at radius 2 is 2.00 bits per heavy atom. The minimum atomic E-state index is -0.336. The standard InChI is InChI=1S/C22H31N7O4/c1-14(2)28-8-6-16(7-9-28)33-17-5-4-15(12-24-17)13-29-20-18(25-22(29)30)19(23)26-21(27-20)32-11-10-31-3/h4-5,12,14,16H,6-11,13H2,1-3H3,(H,25,30)(H2,23,26,27). The molecule has 0 spiro atoms. The summed E-state index contributed by atoms with van der Waals surface area (Å²) >= 11 is 0. The molecule has 3 aromatic heterocycles. The van der Waals surface area contributed by atoms with Gasteiger partial charge in [0.2, 0.25) is 5.88 Å². The molecule has 1 aliphatic rings. The number of nitrogen functional groups attached to an aromatic ring is 1. The minimum Gasteiger partial charge on any atom is -0.474 e. The van der Waals surface area contributed by atoms with Crippen molar-refractivity contribution in [1.29, 1.82) is 0 Å². The number of hydrogen-bond donors (Lipinski definition) is 2. The molecule has 0 radical (unpaired) electrons. The number of likely N-dealkylation sites (tertiary alicyclic amines) is 1. The van der Waals surface area contributed by atoms with Crippen molar-refractivity contribution >= 4 is 17.0 Å². The number of nitrogens with one attached hydrogen (secondary N) is 1. The molecular formula is C22H31N7O4. The van der Waals surface area contributed by atoms with Crippen molar-refractivity contribution in [3.63, 3.8) is 0 Å². The topological polar surface area (TPSA) is 133 Å². The summed E-state index contributed by atoms with van der Waals surface area (Å²) in [6, 6.07) is 4.39. The van der Waals surface area contributed by atoms with Crippen molar-refractivity contribution in [1.82, 2.24) is 29.4 Å². The quantitative estimate of drug-likeness (QED) is 0.458. The van der Waals surface area contributed by atoms with Crippen LogP contribution in [-0.4, -0.2) is 75.0 Å². The van der Waals surface area contributed by atoms with E-state index in [2.05, 4.69) is 38.7 Å². The number of imidazole rings is 1. The third kappa shape index (κ3) is 5.42. The Morgan fingerprint density at radius 1 is 1.21 bits per heavy atom. The molecule has 3 N–H and O–H groups in total. The average Bonchev–Trinajstić information content (AvgIpc) is 3.11. The molecule has 4 rings (SSSR count). The summed E-state index contributed by atoms with van der Waals surface area (Å²) in [5.74, 6) is 0.738. The van der Waals surface area contributed by atoms with Crippen LogP contribution in [0.2, 0.25) is 0 Å². The summed E-state index contributed by atoms with van der Waals surface area (Å²) in [5.41, 5.74) is 7.24. The molecule has 0 saturated carbocycles. The summed E-state index contributed by atoms with van der Waals surface area (Å²) < 4.78 is 18.0. The van der Waals surface area contributed by atoms with Crippen LogP contribution in [-0.2, 0) is 11.3 Å². The van der Waals surface area contributed by atoms with Crippen molar-refractivity contribution in [2.45, 2.75) is 45.4 Å². The number of nitrogens with zero attached hydrogens (tertiary/aromatic N) is 5. The van der Waals surface area contributed by atoms with Gasteiger partial charge in [0.1, 0.15) is 18.2 Å². The van der Waals surface area contributed by atoms with Crippen molar-refractivity contribution in [3.8, 4) is 11.9 Å². The first-order valence-corrected chi connectivity index (χ1v) is 11.2. The van der Waals surface area contributed by atoms with Gasteiger partial charge in [0, 0.05) is 38.5 Å². The summed E-state index contributed by atoms with van der Waals surface area (Å²) in [6.07, 6.45) is 3.86. The highest BCUT2D eigenvalue weighted by molar-refractivity contribution is 5.81. The number of hydrogen-bond acceptors (Lipinski definition) is 9. The number of methoxy groups -OCH3 is 1. The van der Waals surface area contributed by atoms with E-state index in [-0.39, 0.29) is 36.8 Å². The molecule has 33 heavy (non-hydrogen) atoms. The van der Waals surface area contributed by atoms with Crippen LogP contribution in [0.4, 0.5) is 5.82 Å². The van der Waals surface area contributed by atoms with Crippen LogP contribution in [0.1, 0.15) is 32.3 Å². The first kappa shape index (κ1) is 23.0. The van der Waals surface area contributed by atoms with Crippen LogP contribution >= 0.6 is 0 Å². The van der Waals surface area contributed by atoms with Crippen molar-refractivity contribution in [2.24, 2.45) is 0 Å². The normalized spacial score (nSPS) is 15.4. The second-order valence-corrected chi connectivity index (χ2v) is 8.40. The minimum absolute atomic E-state index is 0.0928. The van der Waals surface area contributed by atoms with Gasteiger partial charge in [-0.3, -0.25) is 4.57 Å². The van der Waals surface area contributed by atoms with Crippen molar-refractivity contribution in [2.75, 3.05) is 39.1 Å². The Balaban J connectivity index is 1.45. The number of ether oxygens (including phenoxy) is 3. The molecular weight excluding hydrogens is 426 g/mol. The molecule has 0 atom stereocenters. The molecule has 3 aromatic rings. The second-order valence-electron chi connectivity index (χ2n) is 8.40. The Morgan fingerprint density at radius 3 is 2.67 bits per heavy atom.